The summed E-state index contributed by atoms with van der Waals surface area (Å²) in [6.07, 6.45) is 5.99. The van der Waals surface area contributed by atoms with E-state index in [1.165, 1.54) is 11.1 Å². The first-order valence-electron chi connectivity index (χ1n) is 7.91. The minimum absolute atomic E-state index is 0.273. The highest BCUT2D eigenvalue weighted by atomic mass is 15.1. The van der Waals surface area contributed by atoms with E-state index in [1.54, 1.807) is 0 Å². The highest BCUT2D eigenvalue weighted by Crippen LogP contribution is 2.19. The Morgan fingerprint density at radius 2 is 1.90 bits per heavy atom. The molecule has 3 nitrogen and oxygen atoms in total. The molecule has 0 aliphatic rings. The van der Waals surface area contributed by atoms with Gasteiger partial charge in [0, 0.05) is 19.4 Å². The first kappa shape index (κ1) is 15.8. The minimum atomic E-state index is 0.273. The molecule has 1 aromatic carbocycles. The summed E-state index contributed by atoms with van der Waals surface area (Å²) in [5.74, 6) is 1.69. The maximum atomic E-state index is 4.51. The molecule has 0 spiro atoms. The zero-order valence-electron chi connectivity index (χ0n) is 13.6. The number of aryl methyl sites for hydroxylation is 1. The van der Waals surface area contributed by atoms with E-state index in [1.807, 2.05) is 12.4 Å². The van der Waals surface area contributed by atoms with E-state index in [2.05, 4.69) is 67.0 Å². The van der Waals surface area contributed by atoms with Crippen molar-refractivity contribution in [3.05, 3.63) is 53.6 Å². The summed E-state index contributed by atoms with van der Waals surface area (Å²) >= 11 is 0. The van der Waals surface area contributed by atoms with Crippen LogP contribution in [0.4, 0.5) is 0 Å². The molecule has 1 atom stereocenters. The van der Waals surface area contributed by atoms with Crippen LogP contribution in [0.2, 0.25) is 0 Å². The number of nitrogens with one attached hydrogen (secondary N) is 1. The van der Waals surface area contributed by atoms with Gasteiger partial charge in [-0.05, 0) is 36.4 Å². The lowest BCUT2D eigenvalue weighted by atomic mass is 9.99. The zero-order valence-corrected chi connectivity index (χ0v) is 13.6. The van der Waals surface area contributed by atoms with Gasteiger partial charge < -0.3 is 9.88 Å². The van der Waals surface area contributed by atoms with E-state index in [0.29, 0.717) is 5.92 Å². The highest BCUT2D eigenvalue weighted by molar-refractivity contribution is 5.26. The van der Waals surface area contributed by atoms with E-state index < -0.39 is 0 Å². The molecular weight excluding hydrogens is 258 g/mol. The molecule has 2 aromatic rings. The van der Waals surface area contributed by atoms with Crippen LogP contribution < -0.4 is 5.32 Å². The molecule has 1 heterocycles. The van der Waals surface area contributed by atoms with Crippen LogP contribution in [-0.2, 0) is 13.5 Å². The van der Waals surface area contributed by atoms with E-state index in [9.17, 15) is 0 Å². The van der Waals surface area contributed by atoms with Crippen molar-refractivity contribution < 1.29 is 0 Å². The van der Waals surface area contributed by atoms with Crippen molar-refractivity contribution in [2.75, 3.05) is 6.54 Å². The van der Waals surface area contributed by atoms with Crippen LogP contribution in [0.15, 0.2) is 36.7 Å². The van der Waals surface area contributed by atoms with E-state index >= 15 is 0 Å². The largest absolute Gasteiger partial charge is 0.337 e. The molecule has 1 N–H and O–H groups in total. The molecule has 1 aromatic heterocycles. The number of benzene rings is 1. The third-order valence-corrected chi connectivity index (χ3v) is 3.90. The lowest BCUT2D eigenvalue weighted by Crippen LogP contribution is -2.26. The first-order chi connectivity index (χ1) is 10.1. The predicted octanol–water partition coefficient (Wildman–Crippen LogP) is 3.83. The number of imidazole rings is 1. The standard InChI is InChI=1S/C18H27N3/c1-5-10-19-17(18-20-11-12-21(18)4)13-15-6-8-16(9-7-15)14(2)3/h6-9,11-12,14,17,19H,5,10,13H2,1-4H3. The fourth-order valence-corrected chi connectivity index (χ4v) is 2.56. The van der Waals surface area contributed by atoms with Crippen molar-refractivity contribution in [3.63, 3.8) is 0 Å². The van der Waals surface area contributed by atoms with Gasteiger partial charge in [-0.15, -0.1) is 0 Å². The molecule has 0 fully saturated rings. The topological polar surface area (TPSA) is 29.9 Å². The van der Waals surface area contributed by atoms with Gasteiger partial charge >= 0.3 is 0 Å². The van der Waals surface area contributed by atoms with E-state index in [-0.39, 0.29) is 6.04 Å². The number of hydrogen-bond acceptors (Lipinski definition) is 2. The molecule has 21 heavy (non-hydrogen) atoms. The Kier molecular flexibility index (Phi) is 5.57. The van der Waals surface area contributed by atoms with Gasteiger partial charge in [0.1, 0.15) is 5.82 Å². The minimum Gasteiger partial charge on any atom is -0.337 e. The maximum Gasteiger partial charge on any atom is 0.125 e. The van der Waals surface area contributed by atoms with Crippen molar-refractivity contribution in [2.24, 2.45) is 7.05 Å². The number of aromatic nitrogens is 2. The molecule has 0 saturated carbocycles. The summed E-state index contributed by atoms with van der Waals surface area (Å²) in [5, 5.41) is 3.62. The molecule has 114 valence electrons. The van der Waals surface area contributed by atoms with Crippen molar-refractivity contribution >= 4 is 0 Å². The maximum absolute atomic E-state index is 4.51. The van der Waals surface area contributed by atoms with Crippen LogP contribution in [0.3, 0.4) is 0 Å². The average molecular weight is 285 g/mol. The van der Waals surface area contributed by atoms with Gasteiger partial charge in [0.15, 0.2) is 0 Å². The SMILES string of the molecule is CCCNC(Cc1ccc(C(C)C)cc1)c1nccn1C. The van der Waals surface area contributed by atoms with Crippen LogP contribution in [0, 0.1) is 0 Å². The normalized spacial score (nSPS) is 12.8. The van der Waals surface area contributed by atoms with Gasteiger partial charge in [-0.2, -0.15) is 0 Å². The Morgan fingerprint density at radius 3 is 2.43 bits per heavy atom. The molecule has 2 rings (SSSR count). The summed E-state index contributed by atoms with van der Waals surface area (Å²) in [6, 6.07) is 9.26. The van der Waals surface area contributed by atoms with Crippen molar-refractivity contribution in [2.45, 2.75) is 45.6 Å². The Hall–Kier alpha value is -1.61. The van der Waals surface area contributed by atoms with Crippen LogP contribution in [0.1, 0.15) is 56.1 Å². The van der Waals surface area contributed by atoms with Gasteiger partial charge in [-0.1, -0.05) is 45.0 Å². The smallest absolute Gasteiger partial charge is 0.125 e. The average Bonchev–Trinajstić information content (AvgIpc) is 2.90. The van der Waals surface area contributed by atoms with Gasteiger partial charge in [-0.3, -0.25) is 0 Å². The predicted molar refractivity (Wildman–Crippen MR) is 88.5 cm³/mol. The van der Waals surface area contributed by atoms with Gasteiger partial charge in [-0.25, -0.2) is 4.98 Å². The van der Waals surface area contributed by atoms with Crippen LogP contribution >= 0.6 is 0 Å². The van der Waals surface area contributed by atoms with Crippen LogP contribution in [0.5, 0.6) is 0 Å². The number of rotatable bonds is 7. The molecule has 3 heteroatoms. The fourth-order valence-electron chi connectivity index (χ4n) is 2.56. The second-order valence-corrected chi connectivity index (χ2v) is 6.00. The Bertz CT molecular complexity index is 540. The Morgan fingerprint density at radius 1 is 1.19 bits per heavy atom. The lowest BCUT2D eigenvalue weighted by molar-refractivity contribution is 0.491. The summed E-state index contributed by atoms with van der Waals surface area (Å²) < 4.78 is 2.11. The second-order valence-electron chi connectivity index (χ2n) is 6.00. The quantitative estimate of drug-likeness (QED) is 0.838. The van der Waals surface area contributed by atoms with E-state index in [4.69, 9.17) is 0 Å². The van der Waals surface area contributed by atoms with Crippen LogP contribution in [-0.4, -0.2) is 16.1 Å². The number of hydrogen-bond donors (Lipinski definition) is 1. The number of nitrogens with zero attached hydrogens (tertiary/aromatic N) is 2. The van der Waals surface area contributed by atoms with Crippen molar-refractivity contribution in [1.29, 1.82) is 0 Å². The summed E-state index contributed by atoms with van der Waals surface area (Å²) in [4.78, 5) is 4.51. The molecule has 0 aliphatic heterocycles. The van der Waals surface area contributed by atoms with E-state index in [0.717, 1.165) is 25.2 Å². The zero-order chi connectivity index (χ0) is 15.2. The molecule has 0 saturated heterocycles. The monoisotopic (exact) mass is 285 g/mol. The first-order valence-corrected chi connectivity index (χ1v) is 7.91. The Labute approximate surface area is 128 Å². The van der Waals surface area contributed by atoms with Gasteiger partial charge in [0.2, 0.25) is 0 Å². The highest BCUT2D eigenvalue weighted by Gasteiger charge is 2.15. The molecule has 0 aliphatic carbocycles. The van der Waals surface area contributed by atoms with Crippen LogP contribution in [0.25, 0.3) is 0 Å². The van der Waals surface area contributed by atoms with Crippen molar-refractivity contribution in [3.8, 4) is 0 Å². The summed E-state index contributed by atoms with van der Waals surface area (Å²) in [5.41, 5.74) is 2.75. The molecular formula is C18H27N3. The van der Waals surface area contributed by atoms with Crippen molar-refractivity contribution in [1.82, 2.24) is 14.9 Å². The van der Waals surface area contributed by atoms with Gasteiger partial charge in [0.05, 0.1) is 6.04 Å². The third kappa shape index (κ3) is 4.18. The summed E-state index contributed by atoms with van der Waals surface area (Å²) in [6.45, 7) is 7.67. The molecule has 0 bridgehead atoms. The lowest BCUT2D eigenvalue weighted by Gasteiger charge is -2.19. The second kappa shape index (κ2) is 7.41. The van der Waals surface area contributed by atoms with Gasteiger partial charge in [0.25, 0.3) is 0 Å². The fraction of sp³-hybridized carbons (Fsp3) is 0.500. The summed E-state index contributed by atoms with van der Waals surface area (Å²) in [7, 11) is 2.06. The third-order valence-electron chi connectivity index (χ3n) is 3.90. The molecule has 0 radical (unpaired) electrons. The molecule has 1 unspecified atom stereocenters. The Balaban J connectivity index is 2.13. The molecule has 0 amide bonds.